The standard InChI is InChI=1S/C17H28N4O2/c1-4-7-17(3,18)16(22)20-11-14-5-6-15(19-10-14)21-8-9-23-13(2)12-21/h5-6,10,13H,4,7-9,11-12,18H2,1-3H3,(H,20,22). The van der Waals surface area contributed by atoms with Gasteiger partial charge in [-0.15, -0.1) is 0 Å². The summed E-state index contributed by atoms with van der Waals surface area (Å²) in [5.74, 6) is 0.829. The number of nitrogens with one attached hydrogen (secondary N) is 1. The number of carbonyl (C=O) groups excluding carboxylic acids is 1. The van der Waals surface area contributed by atoms with Crippen molar-refractivity contribution >= 4 is 11.7 Å². The van der Waals surface area contributed by atoms with Gasteiger partial charge in [0.2, 0.25) is 5.91 Å². The molecule has 1 aliphatic heterocycles. The van der Waals surface area contributed by atoms with Crippen molar-refractivity contribution in [2.75, 3.05) is 24.6 Å². The number of ether oxygens (including phenoxy) is 1. The third kappa shape index (κ3) is 4.91. The minimum Gasteiger partial charge on any atom is -0.375 e. The number of rotatable bonds is 6. The van der Waals surface area contributed by atoms with Crippen LogP contribution in [0.5, 0.6) is 0 Å². The molecule has 0 saturated carbocycles. The molecule has 1 aromatic rings. The lowest BCUT2D eigenvalue weighted by atomic mass is 9.96. The summed E-state index contributed by atoms with van der Waals surface area (Å²) in [6.07, 6.45) is 3.59. The van der Waals surface area contributed by atoms with E-state index in [1.807, 2.05) is 25.3 Å². The lowest BCUT2D eigenvalue weighted by Gasteiger charge is -2.32. The summed E-state index contributed by atoms with van der Waals surface area (Å²) in [5.41, 5.74) is 6.18. The molecule has 3 N–H and O–H groups in total. The van der Waals surface area contributed by atoms with Gasteiger partial charge in [-0.3, -0.25) is 4.79 Å². The first-order valence-corrected chi connectivity index (χ1v) is 8.31. The molecule has 1 aliphatic rings. The Morgan fingerprint density at radius 3 is 2.96 bits per heavy atom. The maximum atomic E-state index is 12.1. The number of nitrogens with zero attached hydrogens (tertiary/aromatic N) is 2. The molecule has 1 amide bonds. The van der Waals surface area contributed by atoms with Gasteiger partial charge in [0.15, 0.2) is 0 Å². The van der Waals surface area contributed by atoms with Gasteiger partial charge < -0.3 is 20.7 Å². The molecule has 2 atom stereocenters. The van der Waals surface area contributed by atoms with Crippen LogP contribution in [0.1, 0.15) is 39.2 Å². The number of morpholine rings is 1. The second kappa shape index (κ2) is 7.75. The Kier molecular flexibility index (Phi) is 5.96. The third-order valence-electron chi connectivity index (χ3n) is 4.12. The maximum absolute atomic E-state index is 12.1. The highest BCUT2D eigenvalue weighted by Gasteiger charge is 2.26. The summed E-state index contributed by atoms with van der Waals surface area (Å²) in [6.45, 7) is 8.74. The normalized spacial score (nSPS) is 20.9. The first-order chi connectivity index (χ1) is 10.9. The molecule has 2 heterocycles. The minimum atomic E-state index is -0.813. The molecule has 0 aromatic carbocycles. The summed E-state index contributed by atoms with van der Waals surface area (Å²) in [4.78, 5) is 18.8. The van der Waals surface area contributed by atoms with E-state index >= 15 is 0 Å². The van der Waals surface area contributed by atoms with Crippen LogP contribution in [0.4, 0.5) is 5.82 Å². The molecule has 1 fully saturated rings. The van der Waals surface area contributed by atoms with Gasteiger partial charge in [0.05, 0.1) is 18.2 Å². The van der Waals surface area contributed by atoms with E-state index in [-0.39, 0.29) is 12.0 Å². The molecule has 2 rings (SSSR count). The number of carbonyl (C=O) groups is 1. The van der Waals surface area contributed by atoms with Crippen LogP contribution in [0.15, 0.2) is 18.3 Å². The Balaban J connectivity index is 1.89. The van der Waals surface area contributed by atoms with Crippen LogP contribution in [0.2, 0.25) is 0 Å². The molecule has 1 saturated heterocycles. The Morgan fingerprint density at radius 2 is 2.35 bits per heavy atom. The molecule has 23 heavy (non-hydrogen) atoms. The molecule has 128 valence electrons. The summed E-state index contributed by atoms with van der Waals surface area (Å²) in [6, 6.07) is 3.99. The maximum Gasteiger partial charge on any atom is 0.240 e. The lowest BCUT2D eigenvalue weighted by molar-refractivity contribution is -0.126. The second-order valence-electron chi connectivity index (χ2n) is 6.50. The van der Waals surface area contributed by atoms with Gasteiger partial charge in [0.25, 0.3) is 0 Å². The topological polar surface area (TPSA) is 80.5 Å². The van der Waals surface area contributed by atoms with Crippen LogP contribution in [-0.2, 0) is 16.1 Å². The molecular weight excluding hydrogens is 292 g/mol. The number of aromatic nitrogens is 1. The van der Waals surface area contributed by atoms with E-state index in [4.69, 9.17) is 10.5 Å². The zero-order valence-electron chi connectivity index (χ0n) is 14.3. The number of pyridine rings is 1. The molecule has 0 radical (unpaired) electrons. The Labute approximate surface area is 138 Å². The third-order valence-corrected chi connectivity index (χ3v) is 4.12. The second-order valence-corrected chi connectivity index (χ2v) is 6.50. The molecule has 0 bridgehead atoms. The van der Waals surface area contributed by atoms with Crippen molar-refractivity contribution in [1.29, 1.82) is 0 Å². The van der Waals surface area contributed by atoms with E-state index in [0.717, 1.165) is 37.5 Å². The van der Waals surface area contributed by atoms with Crippen LogP contribution >= 0.6 is 0 Å². The van der Waals surface area contributed by atoms with Gasteiger partial charge in [0, 0.05) is 25.8 Å². The van der Waals surface area contributed by atoms with Crippen molar-refractivity contribution in [3.8, 4) is 0 Å². The molecule has 6 heteroatoms. The van der Waals surface area contributed by atoms with Crippen molar-refractivity contribution in [1.82, 2.24) is 10.3 Å². The van der Waals surface area contributed by atoms with E-state index in [1.54, 1.807) is 6.92 Å². The van der Waals surface area contributed by atoms with E-state index in [1.165, 1.54) is 0 Å². The number of amides is 1. The van der Waals surface area contributed by atoms with Crippen molar-refractivity contribution in [2.24, 2.45) is 5.73 Å². The monoisotopic (exact) mass is 320 g/mol. The van der Waals surface area contributed by atoms with Crippen LogP contribution < -0.4 is 16.0 Å². The Hall–Kier alpha value is -1.66. The molecule has 0 spiro atoms. The van der Waals surface area contributed by atoms with Crippen molar-refractivity contribution < 1.29 is 9.53 Å². The van der Waals surface area contributed by atoms with Crippen LogP contribution in [0.3, 0.4) is 0 Å². The first kappa shape index (κ1) is 17.7. The van der Waals surface area contributed by atoms with Gasteiger partial charge in [-0.05, 0) is 31.9 Å². The van der Waals surface area contributed by atoms with Gasteiger partial charge >= 0.3 is 0 Å². The zero-order chi connectivity index (χ0) is 16.9. The van der Waals surface area contributed by atoms with Crippen molar-refractivity contribution in [2.45, 2.75) is 51.8 Å². The molecule has 1 aromatic heterocycles. The number of anilines is 1. The molecule has 2 unspecified atom stereocenters. The van der Waals surface area contributed by atoms with Crippen LogP contribution in [-0.4, -0.2) is 42.2 Å². The van der Waals surface area contributed by atoms with Crippen LogP contribution in [0, 0.1) is 0 Å². The Morgan fingerprint density at radius 1 is 1.57 bits per heavy atom. The first-order valence-electron chi connectivity index (χ1n) is 8.31. The Bertz CT molecular complexity index is 516. The highest BCUT2D eigenvalue weighted by Crippen LogP contribution is 2.15. The molecule has 0 aliphatic carbocycles. The van der Waals surface area contributed by atoms with E-state index < -0.39 is 5.54 Å². The highest BCUT2D eigenvalue weighted by molar-refractivity contribution is 5.85. The van der Waals surface area contributed by atoms with Gasteiger partial charge in [-0.25, -0.2) is 4.98 Å². The van der Waals surface area contributed by atoms with Gasteiger partial charge in [-0.2, -0.15) is 0 Å². The fraction of sp³-hybridized carbons (Fsp3) is 0.647. The van der Waals surface area contributed by atoms with E-state index in [0.29, 0.717) is 13.0 Å². The largest absolute Gasteiger partial charge is 0.375 e. The summed E-state index contributed by atoms with van der Waals surface area (Å²) < 4.78 is 5.54. The van der Waals surface area contributed by atoms with Crippen molar-refractivity contribution in [3.05, 3.63) is 23.9 Å². The van der Waals surface area contributed by atoms with Gasteiger partial charge in [-0.1, -0.05) is 19.4 Å². The predicted octanol–water partition coefficient (Wildman–Crippen LogP) is 1.44. The number of hydrogen-bond acceptors (Lipinski definition) is 5. The van der Waals surface area contributed by atoms with Gasteiger partial charge in [0.1, 0.15) is 5.82 Å². The number of hydrogen-bond donors (Lipinski definition) is 2. The number of nitrogens with two attached hydrogens (primary N) is 1. The highest BCUT2D eigenvalue weighted by atomic mass is 16.5. The van der Waals surface area contributed by atoms with Crippen molar-refractivity contribution in [3.63, 3.8) is 0 Å². The summed E-state index contributed by atoms with van der Waals surface area (Å²) >= 11 is 0. The van der Waals surface area contributed by atoms with E-state index in [9.17, 15) is 4.79 Å². The fourth-order valence-electron chi connectivity index (χ4n) is 2.75. The average molecular weight is 320 g/mol. The smallest absolute Gasteiger partial charge is 0.240 e. The lowest BCUT2D eigenvalue weighted by Crippen LogP contribution is -2.51. The molecule has 6 nitrogen and oxygen atoms in total. The van der Waals surface area contributed by atoms with E-state index in [2.05, 4.69) is 22.1 Å². The SMILES string of the molecule is CCCC(C)(N)C(=O)NCc1ccc(N2CCOC(C)C2)nc1. The predicted molar refractivity (Wildman–Crippen MR) is 91.2 cm³/mol. The fourth-order valence-corrected chi connectivity index (χ4v) is 2.75. The molecular formula is C17H28N4O2. The minimum absolute atomic E-state index is 0.120. The zero-order valence-corrected chi connectivity index (χ0v) is 14.3. The summed E-state index contributed by atoms with van der Waals surface area (Å²) in [5, 5.41) is 2.89. The van der Waals surface area contributed by atoms with Crippen LogP contribution in [0.25, 0.3) is 0 Å². The average Bonchev–Trinajstić information content (AvgIpc) is 2.53. The summed E-state index contributed by atoms with van der Waals surface area (Å²) in [7, 11) is 0. The quantitative estimate of drug-likeness (QED) is 0.829.